The number of piperazine rings is 1. The number of ether oxygens (including phenoxy) is 1. The molecule has 7 nitrogen and oxygen atoms in total. The van der Waals surface area contributed by atoms with Crippen LogP contribution in [0.15, 0.2) is 42.9 Å². The fraction of sp³-hybridized carbons (Fsp3) is 0.353. The molecule has 0 unspecified atom stereocenters. The second-order valence-electron chi connectivity index (χ2n) is 5.57. The van der Waals surface area contributed by atoms with Gasteiger partial charge in [0.1, 0.15) is 18.2 Å². The molecule has 126 valence electrons. The number of rotatable bonds is 6. The summed E-state index contributed by atoms with van der Waals surface area (Å²) in [6, 6.07) is 6.58. The Balaban J connectivity index is 1.42. The standard InChI is InChI=1S/C17H20N4O3/c22-17(23)14-2-1-3-15(12-14)24-11-10-20-6-8-21(9-7-20)16-13-18-4-5-19-16/h1-5,12-13H,6-11H2,(H,22,23). The van der Waals surface area contributed by atoms with E-state index in [0.717, 1.165) is 38.5 Å². The molecule has 0 bridgehead atoms. The van der Waals surface area contributed by atoms with Crippen molar-refractivity contribution in [1.82, 2.24) is 14.9 Å². The van der Waals surface area contributed by atoms with Crippen LogP contribution in [-0.4, -0.2) is 65.3 Å². The van der Waals surface area contributed by atoms with Crippen LogP contribution in [0, 0.1) is 0 Å². The van der Waals surface area contributed by atoms with E-state index in [9.17, 15) is 4.79 Å². The van der Waals surface area contributed by atoms with Crippen molar-refractivity contribution in [2.45, 2.75) is 0 Å². The Labute approximate surface area is 140 Å². The molecule has 3 rings (SSSR count). The highest BCUT2D eigenvalue weighted by molar-refractivity contribution is 5.87. The molecule has 1 aromatic carbocycles. The van der Waals surface area contributed by atoms with Crippen molar-refractivity contribution in [3.8, 4) is 5.75 Å². The second kappa shape index (κ2) is 7.74. The maximum absolute atomic E-state index is 10.9. The first-order chi connectivity index (χ1) is 11.7. The van der Waals surface area contributed by atoms with Gasteiger partial charge in [-0.2, -0.15) is 0 Å². The van der Waals surface area contributed by atoms with Gasteiger partial charge in [-0.1, -0.05) is 6.07 Å². The predicted molar refractivity (Wildman–Crippen MR) is 89.6 cm³/mol. The summed E-state index contributed by atoms with van der Waals surface area (Å²) in [5, 5.41) is 8.98. The van der Waals surface area contributed by atoms with E-state index in [4.69, 9.17) is 9.84 Å². The van der Waals surface area contributed by atoms with Gasteiger partial charge in [-0.15, -0.1) is 0 Å². The Morgan fingerprint density at radius 3 is 2.75 bits per heavy atom. The highest BCUT2D eigenvalue weighted by atomic mass is 16.5. The van der Waals surface area contributed by atoms with E-state index in [2.05, 4.69) is 19.8 Å². The van der Waals surface area contributed by atoms with Crippen LogP contribution in [0.3, 0.4) is 0 Å². The molecule has 2 aromatic rings. The quantitative estimate of drug-likeness (QED) is 0.858. The van der Waals surface area contributed by atoms with Gasteiger partial charge in [0.2, 0.25) is 0 Å². The van der Waals surface area contributed by atoms with Crippen LogP contribution < -0.4 is 9.64 Å². The summed E-state index contributed by atoms with van der Waals surface area (Å²) in [6.45, 7) is 5.05. The van der Waals surface area contributed by atoms with Crippen LogP contribution in [0.25, 0.3) is 0 Å². The number of nitrogens with zero attached hydrogens (tertiary/aromatic N) is 4. The van der Waals surface area contributed by atoms with Crippen molar-refractivity contribution >= 4 is 11.8 Å². The van der Waals surface area contributed by atoms with Crippen molar-refractivity contribution in [3.05, 3.63) is 48.4 Å². The van der Waals surface area contributed by atoms with Gasteiger partial charge in [-0.25, -0.2) is 9.78 Å². The van der Waals surface area contributed by atoms with Crippen LogP contribution in [0.2, 0.25) is 0 Å². The highest BCUT2D eigenvalue weighted by Gasteiger charge is 2.17. The lowest BCUT2D eigenvalue weighted by atomic mass is 10.2. The number of carbonyl (C=O) groups is 1. The van der Waals surface area contributed by atoms with E-state index in [0.29, 0.717) is 12.4 Å². The zero-order valence-corrected chi connectivity index (χ0v) is 13.3. The number of aromatic nitrogens is 2. The Morgan fingerprint density at radius 1 is 1.21 bits per heavy atom. The minimum Gasteiger partial charge on any atom is -0.492 e. The number of aromatic carboxylic acids is 1. The van der Waals surface area contributed by atoms with Gasteiger partial charge in [0.15, 0.2) is 0 Å². The number of carboxylic acids is 1. The van der Waals surface area contributed by atoms with Crippen LogP contribution >= 0.6 is 0 Å². The monoisotopic (exact) mass is 328 g/mol. The summed E-state index contributed by atoms with van der Waals surface area (Å²) in [7, 11) is 0. The van der Waals surface area contributed by atoms with Gasteiger partial charge in [0.25, 0.3) is 0 Å². The summed E-state index contributed by atoms with van der Waals surface area (Å²) >= 11 is 0. The van der Waals surface area contributed by atoms with Crippen molar-refractivity contribution in [1.29, 1.82) is 0 Å². The lowest BCUT2D eigenvalue weighted by Gasteiger charge is -2.35. The number of hydrogen-bond acceptors (Lipinski definition) is 6. The maximum Gasteiger partial charge on any atom is 0.335 e. The first-order valence-electron chi connectivity index (χ1n) is 7.92. The lowest BCUT2D eigenvalue weighted by Crippen LogP contribution is -2.47. The molecule has 1 N–H and O–H groups in total. The van der Waals surface area contributed by atoms with E-state index < -0.39 is 5.97 Å². The van der Waals surface area contributed by atoms with Crippen molar-refractivity contribution < 1.29 is 14.6 Å². The predicted octanol–water partition coefficient (Wildman–Crippen LogP) is 1.38. The van der Waals surface area contributed by atoms with Crippen LogP contribution in [0.1, 0.15) is 10.4 Å². The summed E-state index contributed by atoms with van der Waals surface area (Å²) < 4.78 is 5.67. The summed E-state index contributed by atoms with van der Waals surface area (Å²) in [6.07, 6.45) is 5.17. The van der Waals surface area contributed by atoms with Crippen molar-refractivity contribution in [2.24, 2.45) is 0 Å². The zero-order chi connectivity index (χ0) is 16.8. The molecule has 0 aliphatic carbocycles. The number of benzene rings is 1. The van der Waals surface area contributed by atoms with E-state index in [1.165, 1.54) is 0 Å². The SMILES string of the molecule is O=C(O)c1cccc(OCCN2CCN(c3cnccn3)CC2)c1. The van der Waals surface area contributed by atoms with Gasteiger partial charge in [0.05, 0.1) is 11.8 Å². The average molecular weight is 328 g/mol. The number of carboxylic acid groups (broad SMARTS) is 1. The Morgan fingerprint density at radius 2 is 2.04 bits per heavy atom. The molecular weight excluding hydrogens is 308 g/mol. The van der Waals surface area contributed by atoms with Crippen LogP contribution in [0.4, 0.5) is 5.82 Å². The molecule has 0 atom stereocenters. The lowest BCUT2D eigenvalue weighted by molar-refractivity contribution is 0.0696. The summed E-state index contributed by atoms with van der Waals surface area (Å²) in [5.41, 5.74) is 0.241. The number of hydrogen-bond donors (Lipinski definition) is 1. The minimum atomic E-state index is -0.944. The van der Waals surface area contributed by atoms with E-state index in [1.807, 2.05) is 0 Å². The molecule has 0 saturated carbocycles. The molecule has 0 spiro atoms. The van der Waals surface area contributed by atoms with Gasteiger partial charge < -0.3 is 14.7 Å². The van der Waals surface area contributed by atoms with Gasteiger partial charge in [-0.05, 0) is 18.2 Å². The molecule has 24 heavy (non-hydrogen) atoms. The fourth-order valence-corrected chi connectivity index (χ4v) is 2.67. The molecule has 0 amide bonds. The normalized spacial score (nSPS) is 15.2. The molecule has 1 aliphatic heterocycles. The topological polar surface area (TPSA) is 78.8 Å². The van der Waals surface area contributed by atoms with E-state index in [-0.39, 0.29) is 5.56 Å². The largest absolute Gasteiger partial charge is 0.492 e. The van der Waals surface area contributed by atoms with Crippen LogP contribution in [-0.2, 0) is 0 Å². The molecule has 1 aliphatic rings. The second-order valence-corrected chi connectivity index (χ2v) is 5.57. The smallest absolute Gasteiger partial charge is 0.335 e. The zero-order valence-electron chi connectivity index (χ0n) is 13.3. The first kappa shape index (κ1) is 16.2. The molecular formula is C17H20N4O3. The molecule has 1 saturated heterocycles. The highest BCUT2D eigenvalue weighted by Crippen LogP contribution is 2.14. The summed E-state index contributed by atoms with van der Waals surface area (Å²) in [4.78, 5) is 23.9. The van der Waals surface area contributed by atoms with Gasteiger partial charge in [-0.3, -0.25) is 9.88 Å². The van der Waals surface area contributed by atoms with Crippen molar-refractivity contribution in [2.75, 3.05) is 44.2 Å². The first-order valence-corrected chi connectivity index (χ1v) is 7.92. The molecule has 1 fully saturated rings. The summed E-state index contributed by atoms with van der Waals surface area (Å²) in [5.74, 6) is 0.563. The van der Waals surface area contributed by atoms with E-state index >= 15 is 0 Å². The minimum absolute atomic E-state index is 0.241. The average Bonchev–Trinajstić information content (AvgIpc) is 2.63. The van der Waals surface area contributed by atoms with Gasteiger partial charge >= 0.3 is 5.97 Å². The molecule has 1 aromatic heterocycles. The Kier molecular flexibility index (Phi) is 5.22. The molecule has 7 heteroatoms. The van der Waals surface area contributed by atoms with Gasteiger partial charge in [0, 0.05) is 45.1 Å². The third-order valence-corrected chi connectivity index (χ3v) is 4.00. The van der Waals surface area contributed by atoms with Crippen molar-refractivity contribution in [3.63, 3.8) is 0 Å². The van der Waals surface area contributed by atoms with Crippen LogP contribution in [0.5, 0.6) is 5.75 Å². The molecule has 2 heterocycles. The Bertz CT molecular complexity index is 673. The third kappa shape index (κ3) is 4.20. The Hall–Kier alpha value is -2.67. The van der Waals surface area contributed by atoms with E-state index in [1.54, 1.807) is 42.9 Å². The third-order valence-electron chi connectivity index (χ3n) is 4.00. The molecule has 0 radical (unpaired) electrons. The fourth-order valence-electron chi connectivity index (χ4n) is 2.67. The maximum atomic E-state index is 10.9. The number of anilines is 1.